The van der Waals surface area contributed by atoms with E-state index in [1.165, 1.54) is 5.56 Å². The SMILES string of the molecule is CC(C)[C@H](NC(=O)COc1ccc2ccccc2c1)C(=O)N/N=C\c1ccc(C(C)(C)C)cc1. The average molecular weight is 460 g/mol. The molecule has 3 aromatic carbocycles. The number of ether oxygens (including phenoxy) is 1. The minimum Gasteiger partial charge on any atom is -0.484 e. The van der Waals surface area contributed by atoms with Crippen LogP contribution in [-0.4, -0.2) is 30.7 Å². The lowest BCUT2D eigenvalue weighted by molar-refractivity contribution is -0.131. The van der Waals surface area contributed by atoms with Crippen LogP contribution in [0, 0.1) is 5.92 Å². The molecule has 0 heterocycles. The molecule has 6 heteroatoms. The lowest BCUT2D eigenvalue weighted by Gasteiger charge is -2.20. The molecule has 1 atom stereocenters. The second-order valence-electron chi connectivity index (χ2n) is 9.69. The van der Waals surface area contributed by atoms with Gasteiger partial charge in [0.1, 0.15) is 11.8 Å². The minimum absolute atomic E-state index is 0.0740. The Morgan fingerprint density at radius 1 is 0.971 bits per heavy atom. The molecule has 0 bridgehead atoms. The first kappa shape index (κ1) is 25.0. The highest BCUT2D eigenvalue weighted by Crippen LogP contribution is 2.22. The first-order chi connectivity index (χ1) is 16.1. The smallest absolute Gasteiger partial charge is 0.262 e. The topological polar surface area (TPSA) is 79.8 Å². The molecule has 3 aromatic rings. The molecule has 0 radical (unpaired) electrons. The summed E-state index contributed by atoms with van der Waals surface area (Å²) in [5.41, 5.74) is 4.71. The van der Waals surface area contributed by atoms with Gasteiger partial charge in [0.25, 0.3) is 11.8 Å². The Morgan fingerprint density at radius 2 is 1.65 bits per heavy atom. The lowest BCUT2D eigenvalue weighted by atomic mass is 9.87. The molecule has 0 fully saturated rings. The molecule has 0 saturated heterocycles. The average Bonchev–Trinajstić information content (AvgIpc) is 2.80. The number of carbonyl (C=O) groups is 2. The summed E-state index contributed by atoms with van der Waals surface area (Å²) in [6, 6.07) is 20.9. The fourth-order valence-electron chi connectivity index (χ4n) is 3.47. The van der Waals surface area contributed by atoms with E-state index in [0.29, 0.717) is 5.75 Å². The number of benzene rings is 3. The van der Waals surface area contributed by atoms with Crippen LogP contribution in [-0.2, 0) is 15.0 Å². The Balaban J connectivity index is 1.53. The van der Waals surface area contributed by atoms with Gasteiger partial charge in [0, 0.05) is 0 Å². The highest BCUT2D eigenvalue weighted by Gasteiger charge is 2.24. The summed E-state index contributed by atoms with van der Waals surface area (Å²) < 4.78 is 5.64. The van der Waals surface area contributed by atoms with E-state index in [4.69, 9.17) is 4.74 Å². The van der Waals surface area contributed by atoms with Gasteiger partial charge in [-0.2, -0.15) is 5.10 Å². The van der Waals surface area contributed by atoms with Crippen LogP contribution in [0.5, 0.6) is 5.75 Å². The van der Waals surface area contributed by atoms with Gasteiger partial charge in [-0.1, -0.05) is 89.2 Å². The van der Waals surface area contributed by atoms with E-state index in [1.54, 1.807) is 6.21 Å². The molecular weight excluding hydrogens is 426 g/mol. The van der Waals surface area contributed by atoms with Crippen molar-refractivity contribution in [2.75, 3.05) is 6.61 Å². The molecule has 0 unspecified atom stereocenters. The quantitative estimate of drug-likeness (QED) is 0.375. The number of fused-ring (bicyclic) bond motifs is 1. The summed E-state index contributed by atoms with van der Waals surface area (Å²) >= 11 is 0. The summed E-state index contributed by atoms with van der Waals surface area (Å²) in [5.74, 6) is -0.271. The Labute approximate surface area is 201 Å². The van der Waals surface area contributed by atoms with Gasteiger partial charge in [0.05, 0.1) is 6.21 Å². The molecule has 0 aliphatic rings. The first-order valence-corrected chi connectivity index (χ1v) is 11.5. The molecule has 0 aliphatic carbocycles. The second kappa shape index (κ2) is 11.0. The van der Waals surface area contributed by atoms with Crippen molar-refractivity contribution >= 4 is 28.8 Å². The van der Waals surface area contributed by atoms with Crippen LogP contribution in [0.25, 0.3) is 10.8 Å². The Hall–Kier alpha value is -3.67. The zero-order valence-corrected chi connectivity index (χ0v) is 20.5. The highest BCUT2D eigenvalue weighted by atomic mass is 16.5. The fourth-order valence-corrected chi connectivity index (χ4v) is 3.47. The van der Waals surface area contributed by atoms with Crippen molar-refractivity contribution in [2.24, 2.45) is 11.0 Å². The summed E-state index contributed by atoms with van der Waals surface area (Å²) in [7, 11) is 0. The van der Waals surface area contributed by atoms with Gasteiger partial charge < -0.3 is 10.1 Å². The molecule has 0 aliphatic heterocycles. The van der Waals surface area contributed by atoms with Crippen LogP contribution < -0.4 is 15.5 Å². The van der Waals surface area contributed by atoms with Crippen molar-refractivity contribution in [3.05, 3.63) is 77.9 Å². The number of nitrogens with one attached hydrogen (secondary N) is 2. The summed E-state index contributed by atoms with van der Waals surface area (Å²) in [6.45, 7) is 10.0. The van der Waals surface area contributed by atoms with Crippen molar-refractivity contribution in [1.82, 2.24) is 10.7 Å². The third-order valence-electron chi connectivity index (χ3n) is 5.52. The number of nitrogens with zero attached hydrogens (tertiary/aromatic N) is 1. The third-order valence-corrected chi connectivity index (χ3v) is 5.52. The van der Waals surface area contributed by atoms with E-state index in [2.05, 4.69) is 48.7 Å². The molecular formula is C28H33N3O3. The van der Waals surface area contributed by atoms with Gasteiger partial charge in [-0.25, -0.2) is 5.43 Å². The summed E-state index contributed by atoms with van der Waals surface area (Å²) in [4.78, 5) is 25.1. The van der Waals surface area contributed by atoms with Crippen molar-refractivity contribution in [3.63, 3.8) is 0 Å². The zero-order chi connectivity index (χ0) is 24.7. The monoisotopic (exact) mass is 459 g/mol. The molecule has 178 valence electrons. The van der Waals surface area contributed by atoms with Crippen LogP contribution in [0.1, 0.15) is 45.7 Å². The third kappa shape index (κ3) is 6.91. The van der Waals surface area contributed by atoms with Gasteiger partial charge in [0.15, 0.2) is 6.61 Å². The molecule has 2 N–H and O–H groups in total. The summed E-state index contributed by atoms with van der Waals surface area (Å²) in [5, 5.41) is 8.94. The number of amides is 2. The predicted molar refractivity (Wildman–Crippen MR) is 137 cm³/mol. The highest BCUT2D eigenvalue weighted by molar-refractivity contribution is 5.89. The van der Waals surface area contributed by atoms with E-state index in [1.807, 2.05) is 68.4 Å². The van der Waals surface area contributed by atoms with E-state index < -0.39 is 6.04 Å². The predicted octanol–water partition coefficient (Wildman–Crippen LogP) is 4.81. The maximum absolute atomic E-state index is 12.6. The lowest BCUT2D eigenvalue weighted by Crippen LogP contribution is -2.49. The fraction of sp³-hybridized carbons (Fsp3) is 0.321. The largest absolute Gasteiger partial charge is 0.484 e. The van der Waals surface area contributed by atoms with Crippen molar-refractivity contribution < 1.29 is 14.3 Å². The van der Waals surface area contributed by atoms with Gasteiger partial charge in [-0.3, -0.25) is 9.59 Å². The molecule has 2 amide bonds. The van der Waals surface area contributed by atoms with Crippen molar-refractivity contribution in [3.8, 4) is 5.75 Å². The van der Waals surface area contributed by atoms with E-state index in [-0.39, 0.29) is 29.8 Å². The molecule has 6 nitrogen and oxygen atoms in total. The Kier molecular flexibility index (Phi) is 8.05. The van der Waals surface area contributed by atoms with Crippen LogP contribution in [0.2, 0.25) is 0 Å². The number of hydrazone groups is 1. The maximum atomic E-state index is 12.6. The van der Waals surface area contributed by atoms with Crippen LogP contribution >= 0.6 is 0 Å². The van der Waals surface area contributed by atoms with Gasteiger partial charge in [-0.05, 0) is 45.4 Å². The normalized spacial score (nSPS) is 12.6. The molecule has 0 aromatic heterocycles. The zero-order valence-electron chi connectivity index (χ0n) is 20.5. The Morgan fingerprint density at radius 3 is 2.29 bits per heavy atom. The van der Waals surface area contributed by atoms with E-state index in [9.17, 15) is 9.59 Å². The van der Waals surface area contributed by atoms with Crippen LogP contribution in [0.4, 0.5) is 0 Å². The number of carbonyl (C=O) groups excluding carboxylic acids is 2. The van der Waals surface area contributed by atoms with E-state index in [0.717, 1.165) is 16.3 Å². The van der Waals surface area contributed by atoms with Crippen molar-refractivity contribution in [2.45, 2.75) is 46.1 Å². The molecule has 34 heavy (non-hydrogen) atoms. The standard InChI is InChI=1S/C28H33N3O3/c1-19(2)26(27(33)31-29-17-20-10-13-23(14-11-20)28(3,4)5)30-25(32)18-34-24-15-12-21-8-6-7-9-22(21)16-24/h6-17,19,26H,18H2,1-5H3,(H,30,32)(H,31,33)/b29-17-/t26-/m0/s1. The minimum atomic E-state index is -0.729. The van der Waals surface area contributed by atoms with E-state index >= 15 is 0 Å². The second-order valence-corrected chi connectivity index (χ2v) is 9.69. The first-order valence-electron chi connectivity index (χ1n) is 11.5. The van der Waals surface area contributed by atoms with Gasteiger partial charge >= 0.3 is 0 Å². The number of hydrogen-bond donors (Lipinski definition) is 2. The maximum Gasteiger partial charge on any atom is 0.262 e. The van der Waals surface area contributed by atoms with Gasteiger partial charge in [0.2, 0.25) is 0 Å². The summed E-state index contributed by atoms with van der Waals surface area (Å²) in [6.07, 6.45) is 1.59. The number of rotatable bonds is 8. The molecule has 3 rings (SSSR count). The molecule has 0 spiro atoms. The molecule has 0 saturated carbocycles. The van der Waals surface area contributed by atoms with Gasteiger partial charge in [-0.15, -0.1) is 0 Å². The Bertz CT molecular complexity index is 1160. The van der Waals surface area contributed by atoms with Crippen LogP contribution in [0.15, 0.2) is 71.8 Å². The van der Waals surface area contributed by atoms with Crippen LogP contribution in [0.3, 0.4) is 0 Å². The number of hydrogen-bond acceptors (Lipinski definition) is 4. The van der Waals surface area contributed by atoms with Crippen molar-refractivity contribution in [1.29, 1.82) is 0 Å².